The molecule has 0 saturated heterocycles. The van der Waals surface area contributed by atoms with Crippen molar-refractivity contribution >= 4 is 17.7 Å². The van der Waals surface area contributed by atoms with E-state index in [1.54, 1.807) is 12.4 Å². The standard InChI is InChI=1S/C18H18N8O/c19-16(24-15(27)14-10-23-26-25-14)18(6-1-7-18)13-4-2-11(3-5-13)12-8-21-17(20)22-9-12/h2-5,8-10H,1,6-7H2,(H2,19,24,27)(H2,20,21,22)(H,23,25,26). The minimum absolute atomic E-state index is 0.145. The number of amidine groups is 1. The van der Waals surface area contributed by atoms with Crippen LogP contribution in [0.15, 0.2) is 47.8 Å². The van der Waals surface area contributed by atoms with Crippen molar-refractivity contribution in [3.63, 3.8) is 0 Å². The molecular formula is C18H18N8O. The molecule has 2 aromatic heterocycles. The van der Waals surface area contributed by atoms with E-state index < -0.39 is 11.3 Å². The van der Waals surface area contributed by atoms with Gasteiger partial charge >= 0.3 is 5.91 Å². The van der Waals surface area contributed by atoms with Crippen LogP contribution in [-0.2, 0) is 5.41 Å². The molecule has 9 heteroatoms. The van der Waals surface area contributed by atoms with Crippen LogP contribution in [0.3, 0.4) is 0 Å². The van der Waals surface area contributed by atoms with Crippen molar-refractivity contribution < 1.29 is 4.79 Å². The number of carbonyl (C=O) groups excluding carboxylic acids is 1. The van der Waals surface area contributed by atoms with Crippen molar-refractivity contribution in [2.45, 2.75) is 24.7 Å². The van der Waals surface area contributed by atoms with Crippen molar-refractivity contribution in [3.8, 4) is 11.1 Å². The van der Waals surface area contributed by atoms with Crippen molar-refractivity contribution in [3.05, 3.63) is 54.1 Å². The van der Waals surface area contributed by atoms with Crippen LogP contribution in [0.25, 0.3) is 11.1 Å². The number of nitrogen functional groups attached to an aromatic ring is 1. The number of nitrogens with two attached hydrogens (primary N) is 2. The lowest BCUT2D eigenvalue weighted by atomic mass is 9.63. The number of rotatable bonds is 4. The summed E-state index contributed by atoms with van der Waals surface area (Å²) in [5, 5.41) is 9.77. The van der Waals surface area contributed by atoms with Gasteiger partial charge in [-0.1, -0.05) is 30.7 Å². The first kappa shape index (κ1) is 16.8. The molecule has 9 nitrogen and oxygen atoms in total. The molecule has 3 aromatic rings. The van der Waals surface area contributed by atoms with Gasteiger partial charge in [0.25, 0.3) is 0 Å². The molecule has 0 radical (unpaired) electrons. The normalized spacial score (nSPS) is 15.9. The third-order valence-electron chi connectivity index (χ3n) is 5.00. The maximum Gasteiger partial charge on any atom is 0.300 e. The lowest BCUT2D eigenvalue weighted by Crippen LogP contribution is -2.47. The van der Waals surface area contributed by atoms with Gasteiger partial charge in [0.05, 0.1) is 11.6 Å². The number of aromatic nitrogens is 5. The van der Waals surface area contributed by atoms with E-state index in [0.717, 1.165) is 36.0 Å². The third-order valence-corrected chi connectivity index (χ3v) is 5.00. The summed E-state index contributed by atoms with van der Waals surface area (Å²) in [5.74, 6) is 0.0537. The molecule has 0 aliphatic heterocycles. The molecule has 27 heavy (non-hydrogen) atoms. The van der Waals surface area contributed by atoms with Crippen LogP contribution in [0.5, 0.6) is 0 Å². The van der Waals surface area contributed by atoms with Gasteiger partial charge in [-0.15, -0.1) is 0 Å². The zero-order chi connectivity index (χ0) is 18.9. The molecule has 0 unspecified atom stereocenters. The Kier molecular flexibility index (Phi) is 4.11. The number of carbonyl (C=O) groups is 1. The van der Waals surface area contributed by atoms with E-state index in [-0.39, 0.29) is 11.6 Å². The molecule has 2 heterocycles. The van der Waals surface area contributed by atoms with Crippen molar-refractivity contribution in [2.75, 3.05) is 5.73 Å². The fourth-order valence-corrected chi connectivity index (χ4v) is 3.27. The van der Waals surface area contributed by atoms with Crippen LogP contribution in [-0.4, -0.2) is 37.1 Å². The molecule has 136 valence electrons. The minimum Gasteiger partial charge on any atom is -0.386 e. The first-order chi connectivity index (χ1) is 13.1. The van der Waals surface area contributed by atoms with E-state index in [9.17, 15) is 4.79 Å². The van der Waals surface area contributed by atoms with Gasteiger partial charge in [-0.05, 0) is 24.0 Å². The summed E-state index contributed by atoms with van der Waals surface area (Å²) in [4.78, 5) is 24.3. The number of nitrogens with one attached hydrogen (secondary N) is 1. The Hall–Kier alpha value is -3.62. The van der Waals surface area contributed by atoms with Gasteiger partial charge in [0.2, 0.25) is 5.95 Å². The lowest BCUT2D eigenvalue weighted by molar-refractivity contribution is 0.0996. The summed E-state index contributed by atoms with van der Waals surface area (Å²) in [7, 11) is 0. The number of hydrogen-bond acceptors (Lipinski definition) is 6. The predicted octanol–water partition coefficient (Wildman–Crippen LogP) is 1.46. The van der Waals surface area contributed by atoms with E-state index in [2.05, 4.69) is 30.4 Å². The number of amides is 1. The highest BCUT2D eigenvalue weighted by Gasteiger charge is 2.42. The van der Waals surface area contributed by atoms with Gasteiger partial charge in [-0.25, -0.2) is 9.97 Å². The lowest BCUT2D eigenvalue weighted by Gasteiger charge is -2.41. The number of H-pyrrole nitrogens is 1. The number of aliphatic imine (C=N–C) groups is 1. The Morgan fingerprint density at radius 1 is 1.07 bits per heavy atom. The Bertz CT molecular complexity index is 973. The monoisotopic (exact) mass is 362 g/mol. The van der Waals surface area contributed by atoms with Crippen molar-refractivity contribution in [1.82, 2.24) is 25.4 Å². The molecule has 1 aliphatic rings. The van der Waals surface area contributed by atoms with E-state index in [4.69, 9.17) is 11.5 Å². The van der Waals surface area contributed by atoms with Crippen molar-refractivity contribution in [2.24, 2.45) is 10.7 Å². The first-order valence-electron chi connectivity index (χ1n) is 8.52. The average molecular weight is 362 g/mol. The Morgan fingerprint density at radius 3 is 2.33 bits per heavy atom. The summed E-state index contributed by atoms with van der Waals surface area (Å²) < 4.78 is 0. The highest BCUT2D eigenvalue weighted by molar-refractivity contribution is 6.05. The van der Waals surface area contributed by atoms with Crippen LogP contribution in [0.4, 0.5) is 5.95 Å². The van der Waals surface area contributed by atoms with Gasteiger partial charge in [-0.3, -0.25) is 4.79 Å². The Balaban J connectivity index is 1.62. The third kappa shape index (κ3) is 3.03. The van der Waals surface area contributed by atoms with Gasteiger partial charge in [-0.2, -0.15) is 20.4 Å². The summed E-state index contributed by atoms with van der Waals surface area (Å²) >= 11 is 0. The molecule has 0 atom stereocenters. The number of hydrogen-bond donors (Lipinski definition) is 3. The minimum atomic E-state index is -0.497. The molecule has 1 saturated carbocycles. The van der Waals surface area contributed by atoms with E-state index in [0.29, 0.717) is 5.84 Å². The summed E-state index contributed by atoms with van der Waals surface area (Å²) in [6.07, 6.45) is 7.42. The maximum atomic E-state index is 12.2. The van der Waals surface area contributed by atoms with Crippen LogP contribution >= 0.6 is 0 Å². The van der Waals surface area contributed by atoms with E-state index in [1.165, 1.54) is 6.20 Å². The molecule has 1 amide bonds. The number of anilines is 1. The summed E-state index contributed by atoms with van der Waals surface area (Å²) in [6.45, 7) is 0. The Labute approximate surface area is 154 Å². The first-order valence-corrected chi connectivity index (χ1v) is 8.52. The van der Waals surface area contributed by atoms with E-state index in [1.807, 2.05) is 24.3 Å². The molecule has 1 fully saturated rings. The summed E-state index contributed by atoms with van der Waals surface area (Å²) in [6, 6.07) is 7.98. The summed E-state index contributed by atoms with van der Waals surface area (Å²) in [5.41, 5.74) is 14.4. The second kappa shape index (κ2) is 6.60. The average Bonchev–Trinajstić information content (AvgIpc) is 3.17. The highest BCUT2D eigenvalue weighted by Crippen LogP contribution is 2.44. The smallest absolute Gasteiger partial charge is 0.300 e. The molecule has 0 bridgehead atoms. The number of aromatic amines is 1. The second-order valence-electron chi connectivity index (χ2n) is 6.50. The molecule has 0 spiro atoms. The van der Waals surface area contributed by atoms with Crippen LogP contribution in [0.2, 0.25) is 0 Å². The predicted molar refractivity (Wildman–Crippen MR) is 99.7 cm³/mol. The Morgan fingerprint density at radius 2 is 1.78 bits per heavy atom. The van der Waals surface area contributed by atoms with Crippen LogP contribution < -0.4 is 11.5 Å². The van der Waals surface area contributed by atoms with Crippen molar-refractivity contribution in [1.29, 1.82) is 0 Å². The van der Waals surface area contributed by atoms with Gasteiger partial charge in [0.1, 0.15) is 5.84 Å². The highest BCUT2D eigenvalue weighted by atomic mass is 16.1. The van der Waals surface area contributed by atoms with Gasteiger partial charge < -0.3 is 11.5 Å². The van der Waals surface area contributed by atoms with Gasteiger partial charge in [0.15, 0.2) is 5.69 Å². The van der Waals surface area contributed by atoms with Gasteiger partial charge in [0, 0.05) is 18.0 Å². The zero-order valence-corrected chi connectivity index (χ0v) is 14.5. The fourth-order valence-electron chi connectivity index (χ4n) is 3.27. The largest absolute Gasteiger partial charge is 0.386 e. The fraction of sp³-hybridized carbons (Fsp3) is 0.222. The van der Waals surface area contributed by atoms with E-state index >= 15 is 0 Å². The van der Waals surface area contributed by atoms with Crippen LogP contribution in [0.1, 0.15) is 35.3 Å². The maximum absolute atomic E-state index is 12.2. The quantitative estimate of drug-likeness (QED) is 0.470. The second-order valence-corrected chi connectivity index (χ2v) is 6.50. The molecular weight excluding hydrogens is 344 g/mol. The number of nitrogens with zero attached hydrogens (tertiary/aromatic N) is 5. The molecule has 4 rings (SSSR count). The zero-order valence-electron chi connectivity index (χ0n) is 14.5. The SMILES string of the molecule is NC(=NC(=O)c1cn[nH]n1)C1(c2ccc(-c3cnc(N)nc3)cc2)CCC1. The molecule has 5 N–H and O–H groups in total. The number of benzene rings is 1. The molecule has 1 aliphatic carbocycles. The molecule has 1 aromatic carbocycles. The van der Waals surface area contributed by atoms with Crippen LogP contribution in [0, 0.1) is 0 Å². The topological polar surface area (TPSA) is 149 Å².